The quantitative estimate of drug-likeness (QED) is 0.755. The van der Waals surface area contributed by atoms with Crippen LogP contribution in [-0.4, -0.2) is 31.8 Å². The van der Waals surface area contributed by atoms with Crippen LogP contribution in [0.5, 0.6) is 0 Å². The summed E-state index contributed by atoms with van der Waals surface area (Å²) in [6, 6.07) is 16.1. The van der Waals surface area contributed by atoms with Crippen molar-refractivity contribution in [1.82, 2.24) is 5.32 Å². The van der Waals surface area contributed by atoms with Crippen LogP contribution in [-0.2, 0) is 14.3 Å². The van der Waals surface area contributed by atoms with Gasteiger partial charge in [-0.05, 0) is 35.1 Å². The van der Waals surface area contributed by atoms with Crippen LogP contribution in [0, 0.1) is 11.8 Å². The van der Waals surface area contributed by atoms with Crippen molar-refractivity contribution in [3.05, 3.63) is 59.7 Å². The molecular formula is C23H27NO4. The number of methoxy groups -OCH3 is 1. The van der Waals surface area contributed by atoms with E-state index in [9.17, 15) is 9.59 Å². The zero-order valence-electron chi connectivity index (χ0n) is 16.8. The standard InChI is InChI=1S/C23H27NO4/c1-14(2)21(15(3)22(25)27-4)24-23(26)28-13-20-18-11-7-5-9-16(18)17-10-6-8-12-19(17)20/h5-12,14-15,20-21H,13H2,1-4H3,(H,24,26)/t15-,21-/m0/s1. The van der Waals surface area contributed by atoms with Crippen molar-refractivity contribution in [3.63, 3.8) is 0 Å². The van der Waals surface area contributed by atoms with Crippen molar-refractivity contribution in [3.8, 4) is 11.1 Å². The number of alkyl carbamates (subject to hydrolysis) is 1. The van der Waals surface area contributed by atoms with Crippen LogP contribution in [0.4, 0.5) is 4.79 Å². The minimum Gasteiger partial charge on any atom is -0.469 e. The molecule has 0 saturated carbocycles. The lowest BCUT2D eigenvalue weighted by Crippen LogP contribution is -2.46. The molecule has 0 bridgehead atoms. The molecular weight excluding hydrogens is 354 g/mol. The molecule has 0 aliphatic heterocycles. The lowest BCUT2D eigenvalue weighted by molar-refractivity contribution is -0.146. The van der Waals surface area contributed by atoms with E-state index in [1.54, 1.807) is 6.92 Å². The number of esters is 1. The van der Waals surface area contributed by atoms with Crippen LogP contribution in [0.15, 0.2) is 48.5 Å². The van der Waals surface area contributed by atoms with Crippen molar-refractivity contribution in [1.29, 1.82) is 0 Å². The molecule has 148 valence electrons. The third-order valence-electron chi connectivity index (χ3n) is 5.46. The molecule has 1 amide bonds. The van der Waals surface area contributed by atoms with E-state index >= 15 is 0 Å². The average Bonchev–Trinajstić information content (AvgIpc) is 3.03. The molecule has 2 aromatic carbocycles. The Morgan fingerprint density at radius 2 is 1.50 bits per heavy atom. The molecule has 0 fully saturated rings. The van der Waals surface area contributed by atoms with Crippen LogP contribution in [0.3, 0.4) is 0 Å². The summed E-state index contributed by atoms with van der Waals surface area (Å²) >= 11 is 0. The largest absolute Gasteiger partial charge is 0.469 e. The molecule has 3 rings (SSSR count). The van der Waals surface area contributed by atoms with Gasteiger partial charge in [0, 0.05) is 12.0 Å². The average molecular weight is 381 g/mol. The third-order valence-corrected chi connectivity index (χ3v) is 5.46. The smallest absolute Gasteiger partial charge is 0.407 e. The van der Waals surface area contributed by atoms with Gasteiger partial charge in [-0.1, -0.05) is 62.4 Å². The Labute approximate surface area is 166 Å². The summed E-state index contributed by atoms with van der Waals surface area (Å²) in [6.45, 7) is 5.90. The third kappa shape index (κ3) is 3.88. The molecule has 0 radical (unpaired) electrons. The highest BCUT2D eigenvalue weighted by molar-refractivity contribution is 5.79. The van der Waals surface area contributed by atoms with Crippen molar-refractivity contribution >= 4 is 12.1 Å². The van der Waals surface area contributed by atoms with Crippen molar-refractivity contribution in [2.75, 3.05) is 13.7 Å². The highest BCUT2D eigenvalue weighted by Crippen LogP contribution is 2.44. The zero-order chi connectivity index (χ0) is 20.3. The minimum absolute atomic E-state index is 0.00804. The predicted octanol–water partition coefficient (Wildman–Crippen LogP) is 4.36. The zero-order valence-corrected chi connectivity index (χ0v) is 16.8. The SMILES string of the molecule is COC(=O)[C@@H](C)[C@@H](NC(=O)OCC1c2ccccc2-c2ccccc21)C(C)C. The number of carbonyl (C=O) groups excluding carboxylic acids is 2. The maximum absolute atomic E-state index is 12.5. The number of hydrogen-bond acceptors (Lipinski definition) is 4. The highest BCUT2D eigenvalue weighted by atomic mass is 16.5. The number of benzene rings is 2. The predicted molar refractivity (Wildman–Crippen MR) is 108 cm³/mol. The van der Waals surface area contributed by atoms with Crippen LogP contribution in [0.2, 0.25) is 0 Å². The number of ether oxygens (including phenoxy) is 2. The molecule has 2 atom stereocenters. The molecule has 1 aliphatic carbocycles. The second-order valence-corrected chi connectivity index (χ2v) is 7.55. The Morgan fingerprint density at radius 3 is 2.00 bits per heavy atom. The molecule has 0 spiro atoms. The van der Waals surface area contributed by atoms with Crippen LogP contribution >= 0.6 is 0 Å². The van der Waals surface area contributed by atoms with Crippen LogP contribution in [0.1, 0.15) is 37.8 Å². The van der Waals surface area contributed by atoms with Crippen LogP contribution in [0.25, 0.3) is 11.1 Å². The number of carbonyl (C=O) groups is 2. The summed E-state index contributed by atoms with van der Waals surface area (Å²) in [4.78, 5) is 24.3. The van der Waals surface area contributed by atoms with E-state index in [1.807, 2.05) is 38.1 Å². The van der Waals surface area contributed by atoms with Gasteiger partial charge in [0.15, 0.2) is 0 Å². The summed E-state index contributed by atoms with van der Waals surface area (Å²) < 4.78 is 10.4. The molecule has 5 nitrogen and oxygen atoms in total. The van der Waals surface area contributed by atoms with Crippen molar-refractivity contribution < 1.29 is 19.1 Å². The molecule has 1 N–H and O–H groups in total. The van der Waals surface area contributed by atoms with Gasteiger partial charge in [-0.3, -0.25) is 4.79 Å². The van der Waals surface area contributed by atoms with Gasteiger partial charge in [-0.15, -0.1) is 0 Å². The lowest BCUT2D eigenvalue weighted by Gasteiger charge is -2.26. The van der Waals surface area contributed by atoms with E-state index in [1.165, 1.54) is 29.4 Å². The fraction of sp³-hybridized carbons (Fsp3) is 0.391. The second-order valence-electron chi connectivity index (χ2n) is 7.55. The number of hydrogen-bond donors (Lipinski definition) is 1. The number of rotatable bonds is 6. The van der Waals surface area contributed by atoms with E-state index in [2.05, 4.69) is 29.6 Å². The van der Waals surface area contributed by atoms with Gasteiger partial charge >= 0.3 is 12.1 Å². The Morgan fingerprint density at radius 1 is 0.964 bits per heavy atom. The number of amides is 1. The van der Waals surface area contributed by atoms with Gasteiger partial charge in [-0.25, -0.2) is 4.79 Å². The first-order chi connectivity index (χ1) is 13.4. The van der Waals surface area contributed by atoms with Gasteiger partial charge in [0.1, 0.15) is 6.61 Å². The Balaban J connectivity index is 1.70. The Kier molecular flexibility index (Phi) is 6.02. The van der Waals surface area contributed by atoms with Gasteiger partial charge in [0.2, 0.25) is 0 Å². The molecule has 0 saturated heterocycles. The van der Waals surface area contributed by atoms with E-state index in [0.29, 0.717) is 0 Å². The summed E-state index contributed by atoms with van der Waals surface area (Å²) in [5.41, 5.74) is 4.71. The highest BCUT2D eigenvalue weighted by Gasteiger charge is 2.31. The molecule has 0 heterocycles. The van der Waals surface area contributed by atoms with E-state index < -0.39 is 12.0 Å². The van der Waals surface area contributed by atoms with Gasteiger partial charge < -0.3 is 14.8 Å². The van der Waals surface area contributed by atoms with E-state index in [4.69, 9.17) is 9.47 Å². The monoisotopic (exact) mass is 381 g/mol. The first-order valence-corrected chi connectivity index (χ1v) is 9.63. The molecule has 2 aromatic rings. The van der Waals surface area contributed by atoms with E-state index in [-0.39, 0.29) is 30.5 Å². The van der Waals surface area contributed by atoms with Crippen molar-refractivity contribution in [2.24, 2.45) is 11.8 Å². The molecule has 28 heavy (non-hydrogen) atoms. The second kappa shape index (κ2) is 8.46. The molecule has 1 aliphatic rings. The topological polar surface area (TPSA) is 64.6 Å². The fourth-order valence-electron chi connectivity index (χ4n) is 3.98. The first kappa shape index (κ1) is 19.9. The molecule has 0 unspecified atom stereocenters. The van der Waals surface area contributed by atoms with Gasteiger partial charge in [-0.2, -0.15) is 0 Å². The maximum Gasteiger partial charge on any atom is 0.407 e. The molecule has 5 heteroatoms. The summed E-state index contributed by atoms with van der Waals surface area (Å²) in [6.07, 6.45) is -0.517. The summed E-state index contributed by atoms with van der Waals surface area (Å²) in [5.74, 6) is -0.730. The maximum atomic E-state index is 12.5. The summed E-state index contributed by atoms with van der Waals surface area (Å²) in [7, 11) is 1.35. The molecule has 0 aromatic heterocycles. The normalized spacial score (nSPS) is 14.8. The van der Waals surface area contributed by atoms with Crippen molar-refractivity contribution in [2.45, 2.75) is 32.7 Å². The summed E-state index contributed by atoms with van der Waals surface area (Å²) in [5, 5.41) is 2.84. The lowest BCUT2D eigenvalue weighted by atomic mass is 9.92. The van der Waals surface area contributed by atoms with Gasteiger partial charge in [0.05, 0.1) is 13.0 Å². The Bertz CT molecular complexity index is 816. The van der Waals surface area contributed by atoms with E-state index in [0.717, 1.165) is 0 Å². The minimum atomic E-state index is -0.517. The number of fused-ring (bicyclic) bond motifs is 3. The van der Waals surface area contributed by atoms with Gasteiger partial charge in [0.25, 0.3) is 0 Å². The number of nitrogens with one attached hydrogen (secondary N) is 1. The fourth-order valence-corrected chi connectivity index (χ4v) is 3.98. The first-order valence-electron chi connectivity index (χ1n) is 9.63. The Hall–Kier alpha value is -2.82. The van der Waals surface area contributed by atoms with Crippen LogP contribution < -0.4 is 5.32 Å².